The highest BCUT2D eigenvalue weighted by Gasteiger charge is 2.20. The molecule has 0 fully saturated rings. The van der Waals surface area contributed by atoms with Crippen molar-refractivity contribution >= 4 is 21.7 Å². The highest BCUT2D eigenvalue weighted by Crippen LogP contribution is 2.24. The van der Waals surface area contributed by atoms with E-state index in [0.717, 1.165) is 5.56 Å². The lowest BCUT2D eigenvalue weighted by molar-refractivity contribution is 0.0962. The first-order valence-corrected chi connectivity index (χ1v) is 6.43. The molecule has 2 rings (SSSR count). The number of benzene rings is 2. The van der Waals surface area contributed by atoms with Gasteiger partial charge in [0.05, 0.1) is 5.56 Å². The van der Waals surface area contributed by atoms with Crippen molar-refractivity contribution in [2.45, 2.75) is 12.8 Å². The molecule has 0 heterocycles. The normalized spacial score (nSPS) is 12.2. The van der Waals surface area contributed by atoms with Gasteiger partial charge in [0.2, 0.25) is 0 Å². The number of carbonyl (C=O) groups excluding carboxylic acids is 1. The zero-order valence-electron chi connectivity index (χ0n) is 9.86. The zero-order valence-corrected chi connectivity index (χ0v) is 11.4. The minimum Gasteiger partial charge on any atom is -0.293 e. The number of ketones is 1. The monoisotopic (exact) mass is 306 g/mol. The maximum Gasteiger partial charge on any atom is 0.173 e. The molecule has 0 aliphatic rings. The van der Waals surface area contributed by atoms with E-state index >= 15 is 0 Å². The Morgan fingerprint density at radius 3 is 2.50 bits per heavy atom. The Labute approximate surface area is 114 Å². The van der Waals surface area contributed by atoms with Crippen molar-refractivity contribution in [1.29, 1.82) is 0 Å². The van der Waals surface area contributed by atoms with E-state index in [4.69, 9.17) is 0 Å². The van der Waals surface area contributed by atoms with Crippen LogP contribution < -0.4 is 0 Å². The molecular weight excluding hydrogens is 295 g/mol. The Bertz CT molecular complexity index is 566. The van der Waals surface area contributed by atoms with Crippen LogP contribution in [0.1, 0.15) is 28.8 Å². The summed E-state index contributed by atoms with van der Waals surface area (Å²) in [7, 11) is 0. The highest BCUT2D eigenvalue weighted by molar-refractivity contribution is 9.10. The fraction of sp³-hybridized carbons (Fsp3) is 0.133. The van der Waals surface area contributed by atoms with Crippen LogP contribution in [0.3, 0.4) is 0 Å². The van der Waals surface area contributed by atoms with Gasteiger partial charge in [0.1, 0.15) is 5.82 Å². The smallest absolute Gasteiger partial charge is 0.173 e. The van der Waals surface area contributed by atoms with Gasteiger partial charge in [0.15, 0.2) is 5.78 Å². The predicted octanol–water partition coefficient (Wildman–Crippen LogP) is 4.57. The van der Waals surface area contributed by atoms with Crippen molar-refractivity contribution < 1.29 is 9.18 Å². The summed E-state index contributed by atoms with van der Waals surface area (Å²) in [5.74, 6) is -1.04. The van der Waals surface area contributed by atoms with Gasteiger partial charge in [-0.05, 0) is 23.8 Å². The molecule has 0 aliphatic carbocycles. The molecule has 18 heavy (non-hydrogen) atoms. The van der Waals surface area contributed by atoms with Gasteiger partial charge in [-0.1, -0.05) is 53.2 Å². The van der Waals surface area contributed by atoms with Gasteiger partial charge in [0.25, 0.3) is 0 Å². The molecule has 2 aromatic rings. The Kier molecular flexibility index (Phi) is 3.92. The van der Waals surface area contributed by atoms with Crippen molar-refractivity contribution in [3.05, 3.63) is 69.9 Å². The first-order valence-electron chi connectivity index (χ1n) is 5.64. The Hall–Kier alpha value is -1.48. The summed E-state index contributed by atoms with van der Waals surface area (Å²) in [6.45, 7) is 1.79. The van der Waals surface area contributed by atoms with Gasteiger partial charge in [-0.3, -0.25) is 4.79 Å². The molecule has 0 bridgehead atoms. The molecule has 0 spiro atoms. The minimum atomic E-state index is -0.481. The molecule has 0 radical (unpaired) electrons. The predicted molar refractivity (Wildman–Crippen MR) is 73.3 cm³/mol. The summed E-state index contributed by atoms with van der Waals surface area (Å²) in [6, 6.07) is 13.8. The molecule has 0 saturated heterocycles. The molecule has 1 nitrogen and oxygen atoms in total. The van der Waals surface area contributed by atoms with E-state index in [2.05, 4.69) is 15.9 Å². The number of hydrogen-bond acceptors (Lipinski definition) is 1. The lowest BCUT2D eigenvalue weighted by atomic mass is 9.92. The van der Waals surface area contributed by atoms with Crippen LogP contribution in [0.25, 0.3) is 0 Å². The molecule has 0 saturated carbocycles. The molecule has 2 aromatic carbocycles. The van der Waals surface area contributed by atoms with Crippen LogP contribution in [0.4, 0.5) is 4.39 Å². The van der Waals surface area contributed by atoms with Crippen LogP contribution in [0.2, 0.25) is 0 Å². The third-order valence-corrected chi connectivity index (χ3v) is 3.38. The van der Waals surface area contributed by atoms with Gasteiger partial charge in [0, 0.05) is 10.4 Å². The van der Waals surface area contributed by atoms with E-state index in [-0.39, 0.29) is 17.3 Å². The molecule has 92 valence electrons. The Balaban J connectivity index is 2.34. The average Bonchev–Trinajstić information content (AvgIpc) is 2.41. The second-order valence-electron chi connectivity index (χ2n) is 4.12. The molecule has 1 unspecified atom stereocenters. The maximum atomic E-state index is 13.7. The average molecular weight is 307 g/mol. The molecule has 0 N–H and O–H groups in total. The van der Waals surface area contributed by atoms with Gasteiger partial charge in [-0.15, -0.1) is 0 Å². The quantitative estimate of drug-likeness (QED) is 0.759. The van der Waals surface area contributed by atoms with Crippen LogP contribution in [0.5, 0.6) is 0 Å². The fourth-order valence-electron chi connectivity index (χ4n) is 1.81. The van der Waals surface area contributed by atoms with E-state index in [1.807, 2.05) is 30.3 Å². The summed E-state index contributed by atoms with van der Waals surface area (Å²) in [4.78, 5) is 12.3. The third-order valence-electron chi connectivity index (χ3n) is 2.89. The summed E-state index contributed by atoms with van der Waals surface area (Å²) >= 11 is 3.25. The van der Waals surface area contributed by atoms with Crippen LogP contribution in [0, 0.1) is 5.82 Å². The maximum absolute atomic E-state index is 13.7. The topological polar surface area (TPSA) is 17.1 Å². The minimum absolute atomic E-state index is 0.126. The number of Topliss-reactive ketones (excluding diaryl/α,β-unsaturated/α-hetero) is 1. The highest BCUT2D eigenvalue weighted by atomic mass is 79.9. The van der Waals surface area contributed by atoms with E-state index < -0.39 is 5.82 Å². The zero-order chi connectivity index (χ0) is 13.1. The van der Waals surface area contributed by atoms with Gasteiger partial charge in [-0.2, -0.15) is 0 Å². The van der Waals surface area contributed by atoms with Crippen molar-refractivity contribution in [3.63, 3.8) is 0 Å². The van der Waals surface area contributed by atoms with E-state index in [9.17, 15) is 9.18 Å². The van der Waals surface area contributed by atoms with Gasteiger partial charge < -0.3 is 0 Å². The first-order chi connectivity index (χ1) is 8.59. The largest absolute Gasteiger partial charge is 0.293 e. The van der Waals surface area contributed by atoms with Crippen molar-refractivity contribution in [3.8, 4) is 0 Å². The molecule has 1 atom stereocenters. The van der Waals surface area contributed by atoms with E-state index in [1.54, 1.807) is 13.0 Å². The van der Waals surface area contributed by atoms with Crippen LogP contribution in [-0.4, -0.2) is 5.78 Å². The molecule has 0 amide bonds. The molecule has 3 heteroatoms. The Morgan fingerprint density at radius 2 is 1.83 bits per heavy atom. The van der Waals surface area contributed by atoms with Crippen LogP contribution in [0.15, 0.2) is 53.0 Å². The van der Waals surface area contributed by atoms with E-state index in [1.165, 1.54) is 12.1 Å². The van der Waals surface area contributed by atoms with Crippen LogP contribution >= 0.6 is 15.9 Å². The number of carbonyl (C=O) groups is 1. The molecular formula is C15H12BrFO. The second-order valence-corrected chi connectivity index (χ2v) is 5.04. The summed E-state index contributed by atoms with van der Waals surface area (Å²) in [6.07, 6.45) is 0. The second kappa shape index (κ2) is 5.44. The lowest BCUT2D eigenvalue weighted by Crippen LogP contribution is -2.11. The fourth-order valence-corrected chi connectivity index (χ4v) is 2.17. The van der Waals surface area contributed by atoms with Crippen molar-refractivity contribution in [2.75, 3.05) is 0 Å². The summed E-state index contributed by atoms with van der Waals surface area (Å²) in [5.41, 5.74) is 1.02. The number of halogens is 2. The van der Waals surface area contributed by atoms with E-state index in [0.29, 0.717) is 4.47 Å². The number of hydrogen-bond donors (Lipinski definition) is 0. The third kappa shape index (κ3) is 2.67. The standard InChI is InChI=1S/C15H12BrFO/c1-10(11-5-3-2-4-6-11)15(18)13-9-12(16)7-8-14(13)17/h2-10H,1H3. The lowest BCUT2D eigenvalue weighted by Gasteiger charge is -2.11. The van der Waals surface area contributed by atoms with Gasteiger partial charge >= 0.3 is 0 Å². The summed E-state index contributed by atoms with van der Waals surface area (Å²) < 4.78 is 14.4. The summed E-state index contributed by atoms with van der Waals surface area (Å²) in [5, 5.41) is 0. The van der Waals surface area contributed by atoms with Gasteiger partial charge in [-0.25, -0.2) is 4.39 Å². The first kappa shape index (κ1) is 13.0. The van der Waals surface area contributed by atoms with Crippen LogP contribution in [-0.2, 0) is 0 Å². The van der Waals surface area contributed by atoms with Crippen molar-refractivity contribution in [2.24, 2.45) is 0 Å². The Morgan fingerprint density at radius 1 is 1.17 bits per heavy atom. The molecule has 0 aromatic heterocycles. The van der Waals surface area contributed by atoms with Crippen molar-refractivity contribution in [1.82, 2.24) is 0 Å². The number of rotatable bonds is 3. The molecule has 0 aliphatic heterocycles. The SMILES string of the molecule is CC(C(=O)c1cc(Br)ccc1F)c1ccccc1.